The van der Waals surface area contributed by atoms with E-state index in [4.69, 9.17) is 11.6 Å². The third-order valence-electron chi connectivity index (χ3n) is 3.48. The molecule has 2 aromatic heterocycles. The zero-order valence-corrected chi connectivity index (χ0v) is 12.7. The minimum absolute atomic E-state index is 0.0683. The van der Waals surface area contributed by atoms with Crippen LogP contribution in [0, 0.1) is 6.92 Å². The van der Waals surface area contributed by atoms with Crippen LogP contribution in [0.2, 0.25) is 5.02 Å². The Kier molecular flexibility index (Phi) is 3.68. The van der Waals surface area contributed by atoms with Crippen molar-refractivity contribution in [1.82, 2.24) is 14.5 Å². The largest absolute Gasteiger partial charge is 0.508 e. The first kappa shape index (κ1) is 15.6. The zero-order valence-electron chi connectivity index (χ0n) is 11.9. The van der Waals surface area contributed by atoms with Gasteiger partial charge in [0.1, 0.15) is 11.6 Å². The van der Waals surface area contributed by atoms with Gasteiger partial charge in [0.25, 0.3) is 0 Å². The van der Waals surface area contributed by atoms with E-state index in [0.717, 1.165) is 12.3 Å². The molecule has 0 bridgehead atoms. The topological polar surface area (TPSA) is 50.9 Å². The van der Waals surface area contributed by atoms with Gasteiger partial charge < -0.3 is 9.67 Å². The molecule has 0 aliphatic rings. The number of hydrogen-bond acceptors (Lipinski definition) is 3. The molecular formula is C15H11ClF3N3O. The second kappa shape index (κ2) is 5.42. The predicted molar refractivity (Wildman–Crippen MR) is 79.5 cm³/mol. The van der Waals surface area contributed by atoms with E-state index in [-0.39, 0.29) is 17.3 Å². The number of rotatable bonds is 2. The summed E-state index contributed by atoms with van der Waals surface area (Å²) >= 11 is 5.94. The van der Waals surface area contributed by atoms with Crippen LogP contribution < -0.4 is 0 Å². The standard InChI is InChI=1S/C15H11ClF3N3O/c1-8-21-12-3-2-10(23)5-14(12)22(8)7-13-11(16)4-9(6-20-13)15(17,18)19/h2-6,23H,7H2,1H3. The SMILES string of the molecule is Cc1nc2ccc(O)cc2n1Cc1ncc(C(F)(F)F)cc1Cl. The highest BCUT2D eigenvalue weighted by Crippen LogP contribution is 2.31. The number of alkyl halides is 3. The number of aromatic nitrogens is 3. The van der Waals surface area contributed by atoms with Crippen LogP contribution in [0.4, 0.5) is 13.2 Å². The summed E-state index contributed by atoms with van der Waals surface area (Å²) in [4.78, 5) is 8.16. The Morgan fingerprint density at radius 1 is 1.26 bits per heavy atom. The molecular weight excluding hydrogens is 331 g/mol. The van der Waals surface area contributed by atoms with Gasteiger partial charge in [0.05, 0.1) is 33.9 Å². The van der Waals surface area contributed by atoms with Gasteiger partial charge in [0.15, 0.2) is 0 Å². The maximum absolute atomic E-state index is 12.7. The van der Waals surface area contributed by atoms with Crippen molar-refractivity contribution in [2.24, 2.45) is 0 Å². The fourth-order valence-corrected chi connectivity index (χ4v) is 2.54. The van der Waals surface area contributed by atoms with E-state index in [2.05, 4.69) is 9.97 Å². The number of benzene rings is 1. The zero-order chi connectivity index (χ0) is 16.8. The molecule has 1 aromatic carbocycles. The van der Waals surface area contributed by atoms with Crippen LogP contribution in [-0.4, -0.2) is 19.6 Å². The van der Waals surface area contributed by atoms with Crippen molar-refractivity contribution in [2.75, 3.05) is 0 Å². The Morgan fingerprint density at radius 2 is 2.00 bits per heavy atom. The Balaban J connectivity index is 2.03. The Bertz CT molecular complexity index is 890. The van der Waals surface area contributed by atoms with Gasteiger partial charge in [-0.25, -0.2) is 4.98 Å². The van der Waals surface area contributed by atoms with Crippen LogP contribution in [0.25, 0.3) is 11.0 Å². The van der Waals surface area contributed by atoms with Gasteiger partial charge in [0.2, 0.25) is 0 Å². The normalized spacial score (nSPS) is 12.0. The number of aryl methyl sites for hydroxylation is 1. The number of fused-ring (bicyclic) bond motifs is 1. The van der Waals surface area contributed by atoms with Gasteiger partial charge in [-0.3, -0.25) is 4.98 Å². The number of nitrogens with zero attached hydrogens (tertiary/aromatic N) is 3. The number of aromatic hydroxyl groups is 1. The monoisotopic (exact) mass is 341 g/mol. The quantitative estimate of drug-likeness (QED) is 0.761. The van der Waals surface area contributed by atoms with E-state index >= 15 is 0 Å². The molecule has 0 fully saturated rings. The number of halogens is 4. The highest BCUT2D eigenvalue weighted by atomic mass is 35.5. The fraction of sp³-hybridized carbons (Fsp3) is 0.200. The molecule has 4 nitrogen and oxygen atoms in total. The molecule has 0 saturated heterocycles. The van der Waals surface area contributed by atoms with E-state index in [0.29, 0.717) is 22.6 Å². The van der Waals surface area contributed by atoms with E-state index in [1.807, 2.05) is 0 Å². The summed E-state index contributed by atoms with van der Waals surface area (Å²) in [5.74, 6) is 0.716. The first-order chi connectivity index (χ1) is 10.8. The lowest BCUT2D eigenvalue weighted by molar-refractivity contribution is -0.137. The molecule has 0 spiro atoms. The Morgan fingerprint density at radius 3 is 2.65 bits per heavy atom. The highest BCUT2D eigenvalue weighted by Gasteiger charge is 2.31. The van der Waals surface area contributed by atoms with Crippen LogP contribution in [0.5, 0.6) is 5.75 Å². The molecule has 0 amide bonds. The lowest BCUT2D eigenvalue weighted by Gasteiger charge is -2.11. The molecule has 0 saturated carbocycles. The average molecular weight is 342 g/mol. The molecule has 3 rings (SSSR count). The Hall–Kier alpha value is -2.28. The maximum atomic E-state index is 12.7. The summed E-state index contributed by atoms with van der Waals surface area (Å²) in [5.41, 5.74) is 0.727. The average Bonchev–Trinajstić information content (AvgIpc) is 2.76. The van der Waals surface area contributed by atoms with Crippen molar-refractivity contribution in [2.45, 2.75) is 19.6 Å². The minimum atomic E-state index is -4.49. The first-order valence-corrected chi connectivity index (χ1v) is 7.01. The second-order valence-corrected chi connectivity index (χ2v) is 5.48. The summed E-state index contributed by atoms with van der Waals surface area (Å²) in [5, 5.41) is 9.53. The van der Waals surface area contributed by atoms with Crippen molar-refractivity contribution < 1.29 is 18.3 Å². The molecule has 0 atom stereocenters. The Labute approximate surface area is 134 Å². The van der Waals surface area contributed by atoms with E-state index in [1.165, 1.54) is 12.1 Å². The smallest absolute Gasteiger partial charge is 0.417 e. The second-order valence-electron chi connectivity index (χ2n) is 5.07. The molecule has 8 heteroatoms. The van der Waals surface area contributed by atoms with Crippen LogP contribution >= 0.6 is 11.6 Å². The third kappa shape index (κ3) is 2.96. The number of phenols is 1. The predicted octanol–water partition coefficient (Wildman–Crippen LogP) is 4.17. The van der Waals surface area contributed by atoms with Gasteiger partial charge in [-0.2, -0.15) is 13.2 Å². The minimum Gasteiger partial charge on any atom is -0.508 e. The van der Waals surface area contributed by atoms with Gasteiger partial charge >= 0.3 is 6.18 Å². The fourth-order valence-electron chi connectivity index (χ4n) is 2.32. The highest BCUT2D eigenvalue weighted by molar-refractivity contribution is 6.31. The van der Waals surface area contributed by atoms with Crippen LogP contribution in [-0.2, 0) is 12.7 Å². The van der Waals surface area contributed by atoms with Gasteiger partial charge in [-0.1, -0.05) is 11.6 Å². The lowest BCUT2D eigenvalue weighted by Crippen LogP contribution is -2.09. The van der Waals surface area contributed by atoms with Crippen LogP contribution in [0.3, 0.4) is 0 Å². The van der Waals surface area contributed by atoms with E-state index in [9.17, 15) is 18.3 Å². The van der Waals surface area contributed by atoms with Crippen molar-refractivity contribution in [3.05, 3.63) is 52.6 Å². The molecule has 120 valence electrons. The first-order valence-electron chi connectivity index (χ1n) is 6.63. The van der Waals surface area contributed by atoms with E-state index < -0.39 is 11.7 Å². The lowest BCUT2D eigenvalue weighted by atomic mass is 10.2. The van der Waals surface area contributed by atoms with Crippen molar-refractivity contribution in [1.29, 1.82) is 0 Å². The summed E-state index contributed by atoms with van der Waals surface area (Å²) in [6.07, 6.45) is -3.73. The third-order valence-corrected chi connectivity index (χ3v) is 3.80. The molecule has 0 aliphatic carbocycles. The molecule has 23 heavy (non-hydrogen) atoms. The summed E-state index contributed by atoms with van der Waals surface area (Å²) in [6, 6.07) is 5.57. The molecule has 3 aromatic rings. The molecule has 0 unspecified atom stereocenters. The van der Waals surface area contributed by atoms with Gasteiger partial charge in [-0.15, -0.1) is 0 Å². The summed E-state index contributed by atoms with van der Waals surface area (Å²) in [6.45, 7) is 1.91. The summed E-state index contributed by atoms with van der Waals surface area (Å²) < 4.78 is 39.7. The number of hydrogen-bond donors (Lipinski definition) is 1. The van der Waals surface area contributed by atoms with E-state index in [1.54, 1.807) is 17.6 Å². The number of pyridine rings is 1. The van der Waals surface area contributed by atoms with Crippen molar-refractivity contribution in [3.8, 4) is 5.75 Å². The van der Waals surface area contributed by atoms with Crippen LogP contribution in [0.1, 0.15) is 17.1 Å². The maximum Gasteiger partial charge on any atom is 0.417 e. The van der Waals surface area contributed by atoms with Gasteiger partial charge in [0, 0.05) is 12.3 Å². The number of phenolic OH excluding ortho intramolecular Hbond substituents is 1. The molecule has 1 N–H and O–H groups in total. The van der Waals surface area contributed by atoms with Crippen LogP contribution in [0.15, 0.2) is 30.5 Å². The molecule has 0 radical (unpaired) electrons. The van der Waals surface area contributed by atoms with Crippen molar-refractivity contribution >= 4 is 22.6 Å². The molecule has 2 heterocycles. The molecule has 0 aliphatic heterocycles. The van der Waals surface area contributed by atoms with Gasteiger partial charge in [-0.05, 0) is 25.1 Å². The van der Waals surface area contributed by atoms with Crippen molar-refractivity contribution in [3.63, 3.8) is 0 Å². The number of imidazole rings is 1. The summed E-state index contributed by atoms with van der Waals surface area (Å²) in [7, 11) is 0.